The van der Waals surface area contributed by atoms with Gasteiger partial charge >= 0.3 is 0 Å². The number of nitrogens with zero attached hydrogens (tertiary/aromatic N) is 3. The highest BCUT2D eigenvalue weighted by Gasteiger charge is 2.14. The van der Waals surface area contributed by atoms with Crippen molar-refractivity contribution in [1.29, 1.82) is 0 Å². The maximum absolute atomic E-state index is 13.1. The molecule has 0 aliphatic carbocycles. The Hall–Kier alpha value is -1.96. The minimum atomic E-state index is -0.905. The second kappa shape index (κ2) is 8.42. The third kappa shape index (κ3) is 4.78. The third-order valence-corrected chi connectivity index (χ3v) is 5.11. The molecule has 1 aliphatic heterocycles. The summed E-state index contributed by atoms with van der Waals surface area (Å²) in [7, 11) is 0. The van der Waals surface area contributed by atoms with Crippen molar-refractivity contribution in [3.05, 3.63) is 41.5 Å². The standard InChI is InChI=1S/C17H20F2N4OS/c18-13-6-5-12(10-14(13)19)25-11-17(24)20-8-7-16-22-21-15-4-2-1-3-9-23(15)16/h5-6,10H,1-4,7-9,11H2,(H,20,24). The highest BCUT2D eigenvalue weighted by atomic mass is 32.2. The van der Waals surface area contributed by atoms with Gasteiger partial charge in [0.05, 0.1) is 5.75 Å². The maximum Gasteiger partial charge on any atom is 0.230 e. The van der Waals surface area contributed by atoms with Crippen LogP contribution in [0.15, 0.2) is 23.1 Å². The summed E-state index contributed by atoms with van der Waals surface area (Å²) in [6.45, 7) is 1.42. The second-order valence-corrected chi connectivity index (χ2v) is 7.01. The predicted octanol–water partition coefficient (Wildman–Crippen LogP) is 2.73. The number of aromatic nitrogens is 3. The first-order valence-corrected chi connectivity index (χ1v) is 9.37. The summed E-state index contributed by atoms with van der Waals surface area (Å²) in [6.07, 6.45) is 5.09. The molecule has 0 radical (unpaired) electrons. The van der Waals surface area contributed by atoms with Gasteiger partial charge in [0.2, 0.25) is 5.91 Å². The second-order valence-electron chi connectivity index (χ2n) is 5.96. The predicted molar refractivity (Wildman–Crippen MR) is 91.4 cm³/mol. The van der Waals surface area contributed by atoms with Gasteiger partial charge in [-0.15, -0.1) is 22.0 Å². The van der Waals surface area contributed by atoms with Crippen LogP contribution >= 0.6 is 11.8 Å². The molecule has 2 heterocycles. The lowest BCUT2D eigenvalue weighted by Gasteiger charge is -2.08. The van der Waals surface area contributed by atoms with Crippen molar-refractivity contribution in [2.24, 2.45) is 0 Å². The van der Waals surface area contributed by atoms with E-state index in [0.29, 0.717) is 17.9 Å². The molecule has 0 atom stereocenters. The van der Waals surface area contributed by atoms with Crippen LogP contribution in [0.2, 0.25) is 0 Å². The summed E-state index contributed by atoms with van der Waals surface area (Å²) >= 11 is 1.17. The molecule has 0 saturated heterocycles. The van der Waals surface area contributed by atoms with Gasteiger partial charge in [0, 0.05) is 30.8 Å². The van der Waals surface area contributed by atoms with Crippen molar-refractivity contribution in [1.82, 2.24) is 20.1 Å². The first kappa shape index (κ1) is 17.8. The van der Waals surface area contributed by atoms with Crippen molar-refractivity contribution < 1.29 is 13.6 Å². The molecule has 134 valence electrons. The van der Waals surface area contributed by atoms with Crippen molar-refractivity contribution in [3.63, 3.8) is 0 Å². The van der Waals surface area contributed by atoms with Gasteiger partial charge in [-0.1, -0.05) is 6.42 Å². The Bertz CT molecular complexity index is 750. The Labute approximate surface area is 149 Å². The summed E-state index contributed by atoms with van der Waals surface area (Å²) in [5.74, 6) is 0.158. The lowest BCUT2D eigenvalue weighted by Crippen LogP contribution is -2.28. The lowest BCUT2D eigenvalue weighted by molar-refractivity contribution is -0.118. The number of hydrogen-bond donors (Lipinski definition) is 1. The smallest absolute Gasteiger partial charge is 0.230 e. The van der Waals surface area contributed by atoms with E-state index in [2.05, 4.69) is 20.1 Å². The number of carbonyl (C=O) groups excluding carboxylic acids is 1. The van der Waals surface area contributed by atoms with Gasteiger partial charge in [-0.25, -0.2) is 8.78 Å². The molecule has 3 rings (SSSR count). The minimum absolute atomic E-state index is 0.148. The Morgan fingerprint density at radius 3 is 2.92 bits per heavy atom. The van der Waals surface area contributed by atoms with Gasteiger partial charge in [0.15, 0.2) is 11.6 Å². The Balaban J connectivity index is 1.43. The van der Waals surface area contributed by atoms with Crippen LogP contribution in [0.5, 0.6) is 0 Å². The monoisotopic (exact) mass is 366 g/mol. The number of rotatable bonds is 6. The average molecular weight is 366 g/mol. The van der Waals surface area contributed by atoms with Crippen molar-refractivity contribution in [2.45, 2.75) is 43.5 Å². The van der Waals surface area contributed by atoms with Gasteiger partial charge in [-0.3, -0.25) is 4.79 Å². The molecule has 1 aromatic carbocycles. The number of amides is 1. The van der Waals surface area contributed by atoms with Crippen LogP contribution in [0.3, 0.4) is 0 Å². The van der Waals surface area contributed by atoms with Crippen LogP contribution in [0.4, 0.5) is 8.78 Å². The van der Waals surface area contributed by atoms with Crippen LogP contribution in [-0.2, 0) is 24.2 Å². The van der Waals surface area contributed by atoms with Gasteiger partial charge < -0.3 is 9.88 Å². The van der Waals surface area contributed by atoms with Crippen LogP contribution in [0, 0.1) is 11.6 Å². The number of nitrogens with one attached hydrogen (secondary N) is 1. The van der Waals surface area contributed by atoms with E-state index in [0.717, 1.165) is 49.6 Å². The molecule has 0 spiro atoms. The van der Waals surface area contributed by atoms with Crippen LogP contribution in [0.1, 0.15) is 30.9 Å². The largest absolute Gasteiger partial charge is 0.355 e. The van der Waals surface area contributed by atoms with E-state index in [4.69, 9.17) is 0 Å². The zero-order chi connectivity index (χ0) is 17.6. The van der Waals surface area contributed by atoms with Crippen molar-refractivity contribution in [3.8, 4) is 0 Å². The number of aryl methyl sites for hydroxylation is 1. The number of fused-ring (bicyclic) bond motifs is 1. The van der Waals surface area contributed by atoms with E-state index in [1.165, 1.54) is 24.2 Å². The van der Waals surface area contributed by atoms with Gasteiger partial charge in [0.25, 0.3) is 0 Å². The number of halogens is 2. The molecule has 0 saturated carbocycles. The lowest BCUT2D eigenvalue weighted by atomic mass is 10.2. The quantitative estimate of drug-likeness (QED) is 0.799. The minimum Gasteiger partial charge on any atom is -0.355 e. The molecule has 0 fully saturated rings. The molecular weight excluding hydrogens is 346 g/mol. The molecule has 8 heteroatoms. The van der Waals surface area contributed by atoms with E-state index in [9.17, 15) is 13.6 Å². The van der Waals surface area contributed by atoms with Gasteiger partial charge in [-0.05, 0) is 31.0 Å². The van der Waals surface area contributed by atoms with E-state index < -0.39 is 11.6 Å². The molecule has 1 aliphatic rings. The van der Waals surface area contributed by atoms with Crippen molar-refractivity contribution >= 4 is 17.7 Å². The highest BCUT2D eigenvalue weighted by Crippen LogP contribution is 2.20. The first-order valence-electron chi connectivity index (χ1n) is 8.39. The zero-order valence-corrected chi connectivity index (χ0v) is 14.6. The number of benzene rings is 1. The topological polar surface area (TPSA) is 59.8 Å². The Morgan fingerprint density at radius 1 is 1.20 bits per heavy atom. The molecule has 1 N–H and O–H groups in total. The molecule has 0 bridgehead atoms. The maximum atomic E-state index is 13.1. The fraction of sp³-hybridized carbons (Fsp3) is 0.471. The fourth-order valence-corrected chi connectivity index (χ4v) is 3.56. The van der Waals surface area contributed by atoms with Crippen molar-refractivity contribution in [2.75, 3.05) is 12.3 Å². The molecule has 1 aromatic heterocycles. The summed E-state index contributed by atoms with van der Waals surface area (Å²) < 4.78 is 28.2. The average Bonchev–Trinajstić information content (AvgIpc) is 2.83. The summed E-state index contributed by atoms with van der Waals surface area (Å²) in [6, 6.07) is 3.62. The molecule has 25 heavy (non-hydrogen) atoms. The van der Waals surface area contributed by atoms with Crippen LogP contribution in [0.25, 0.3) is 0 Å². The van der Waals surface area contributed by atoms with E-state index in [1.807, 2.05) is 0 Å². The van der Waals surface area contributed by atoms with Crippen LogP contribution in [-0.4, -0.2) is 33.0 Å². The van der Waals surface area contributed by atoms with E-state index in [1.54, 1.807) is 0 Å². The summed E-state index contributed by atoms with van der Waals surface area (Å²) in [5.41, 5.74) is 0. The summed E-state index contributed by atoms with van der Waals surface area (Å²) in [4.78, 5) is 12.4. The summed E-state index contributed by atoms with van der Waals surface area (Å²) in [5, 5.41) is 11.3. The fourth-order valence-electron chi connectivity index (χ4n) is 2.81. The highest BCUT2D eigenvalue weighted by molar-refractivity contribution is 8.00. The first-order chi connectivity index (χ1) is 12.1. The molecule has 0 unspecified atom stereocenters. The Kier molecular flexibility index (Phi) is 6.01. The SMILES string of the molecule is O=C(CSc1ccc(F)c(F)c1)NCCc1nnc2n1CCCCC2. The molecular formula is C17H20F2N4OS. The molecule has 1 amide bonds. The van der Waals surface area contributed by atoms with Gasteiger partial charge in [0.1, 0.15) is 11.6 Å². The molecule has 2 aromatic rings. The third-order valence-electron chi connectivity index (χ3n) is 4.12. The molecule has 5 nitrogen and oxygen atoms in total. The van der Waals surface area contributed by atoms with Crippen LogP contribution < -0.4 is 5.32 Å². The number of hydrogen-bond acceptors (Lipinski definition) is 4. The van der Waals surface area contributed by atoms with Gasteiger partial charge in [-0.2, -0.15) is 0 Å². The zero-order valence-electron chi connectivity index (χ0n) is 13.8. The van der Waals surface area contributed by atoms with E-state index in [-0.39, 0.29) is 11.7 Å². The normalized spacial score (nSPS) is 14.0. The van der Waals surface area contributed by atoms with E-state index >= 15 is 0 Å². The number of thioether (sulfide) groups is 1. The number of carbonyl (C=O) groups is 1. The Morgan fingerprint density at radius 2 is 2.08 bits per heavy atom.